The third-order valence-corrected chi connectivity index (χ3v) is 3.75. The highest BCUT2D eigenvalue weighted by Crippen LogP contribution is 2.24. The number of carbonyl (C=O) groups is 2. The monoisotopic (exact) mass is 349 g/mol. The summed E-state index contributed by atoms with van der Waals surface area (Å²) in [4.78, 5) is 28.4. The van der Waals surface area contributed by atoms with E-state index >= 15 is 0 Å². The first-order valence-electron chi connectivity index (χ1n) is 7.23. The van der Waals surface area contributed by atoms with Crippen LogP contribution in [0, 0.1) is 0 Å². The minimum Gasteiger partial charge on any atom is -0.497 e. The predicted molar refractivity (Wildman–Crippen MR) is 92.2 cm³/mol. The van der Waals surface area contributed by atoms with E-state index in [1.54, 1.807) is 23.6 Å². The number of nitrogens with zero attached hydrogens (tertiary/aromatic N) is 1. The molecule has 2 N–H and O–H groups in total. The molecular formula is C16H19N3O4S. The summed E-state index contributed by atoms with van der Waals surface area (Å²) in [5, 5.41) is 7.35. The molecule has 0 aliphatic carbocycles. The average molecular weight is 349 g/mol. The van der Waals surface area contributed by atoms with Gasteiger partial charge >= 0.3 is 0 Å². The highest BCUT2D eigenvalue weighted by molar-refractivity contribution is 7.14. The van der Waals surface area contributed by atoms with E-state index in [1.165, 1.54) is 25.6 Å². The number of aromatic nitrogens is 1. The molecule has 7 nitrogen and oxygen atoms in total. The van der Waals surface area contributed by atoms with Gasteiger partial charge in [-0.15, -0.1) is 11.3 Å². The first-order chi connectivity index (χ1) is 11.4. The number of anilines is 1. The Labute approximate surface area is 144 Å². The molecule has 1 aromatic carbocycles. The zero-order chi connectivity index (χ0) is 17.7. The van der Waals surface area contributed by atoms with E-state index < -0.39 is 0 Å². The van der Waals surface area contributed by atoms with E-state index in [1.807, 2.05) is 13.8 Å². The van der Waals surface area contributed by atoms with Crippen LogP contribution in [0.2, 0.25) is 0 Å². The summed E-state index contributed by atoms with van der Waals surface area (Å²) in [6.45, 7) is 3.73. The number of thiazole rings is 1. The summed E-state index contributed by atoms with van der Waals surface area (Å²) >= 11 is 1.18. The van der Waals surface area contributed by atoms with Gasteiger partial charge in [0.2, 0.25) is 0 Å². The number of ether oxygens (including phenoxy) is 2. The van der Waals surface area contributed by atoms with Crippen LogP contribution in [0.1, 0.15) is 34.7 Å². The maximum Gasteiger partial charge on any atom is 0.271 e. The Morgan fingerprint density at radius 1 is 1.08 bits per heavy atom. The van der Waals surface area contributed by atoms with Crippen LogP contribution in [0.15, 0.2) is 23.6 Å². The normalized spacial score (nSPS) is 10.4. The van der Waals surface area contributed by atoms with Crippen molar-refractivity contribution in [1.82, 2.24) is 10.3 Å². The first kappa shape index (κ1) is 17.7. The quantitative estimate of drug-likeness (QED) is 0.836. The van der Waals surface area contributed by atoms with Crippen LogP contribution in [0.25, 0.3) is 0 Å². The van der Waals surface area contributed by atoms with Crippen molar-refractivity contribution in [3.63, 3.8) is 0 Å². The molecule has 24 heavy (non-hydrogen) atoms. The number of hydrogen-bond donors (Lipinski definition) is 2. The summed E-state index contributed by atoms with van der Waals surface area (Å²) in [5.74, 6) is 0.383. The van der Waals surface area contributed by atoms with Crippen molar-refractivity contribution in [2.45, 2.75) is 19.9 Å². The van der Waals surface area contributed by atoms with Crippen molar-refractivity contribution in [1.29, 1.82) is 0 Å². The lowest BCUT2D eigenvalue weighted by atomic mass is 10.2. The lowest BCUT2D eigenvalue weighted by molar-refractivity contribution is 0.0937. The highest BCUT2D eigenvalue weighted by atomic mass is 32.1. The highest BCUT2D eigenvalue weighted by Gasteiger charge is 2.15. The molecule has 2 amide bonds. The summed E-state index contributed by atoms with van der Waals surface area (Å²) in [7, 11) is 3.02. The van der Waals surface area contributed by atoms with Gasteiger partial charge in [-0.3, -0.25) is 14.9 Å². The Hall–Kier alpha value is -2.61. The van der Waals surface area contributed by atoms with Crippen molar-refractivity contribution in [3.8, 4) is 11.5 Å². The Bertz CT molecular complexity index is 720. The fourth-order valence-electron chi connectivity index (χ4n) is 1.88. The molecular weight excluding hydrogens is 330 g/mol. The molecule has 2 rings (SSSR count). The van der Waals surface area contributed by atoms with Crippen molar-refractivity contribution in [3.05, 3.63) is 34.8 Å². The Morgan fingerprint density at radius 2 is 1.71 bits per heavy atom. The molecule has 0 aliphatic rings. The van der Waals surface area contributed by atoms with Gasteiger partial charge < -0.3 is 14.8 Å². The second-order valence-electron chi connectivity index (χ2n) is 5.22. The number of amides is 2. The fourth-order valence-corrected chi connectivity index (χ4v) is 2.57. The second kappa shape index (κ2) is 7.78. The van der Waals surface area contributed by atoms with Crippen LogP contribution in [-0.4, -0.2) is 37.1 Å². The zero-order valence-corrected chi connectivity index (χ0v) is 14.7. The standard InChI is InChI=1S/C16H19N3O4S/c1-9(2)17-15(21)13-8-24-16(18-13)19-14(20)10-5-11(22-3)7-12(6-10)23-4/h5-9H,1-4H3,(H,17,21)(H,18,19,20). The molecule has 0 saturated heterocycles. The maximum atomic E-state index is 12.4. The van der Waals surface area contributed by atoms with E-state index in [2.05, 4.69) is 15.6 Å². The molecule has 128 valence electrons. The maximum absolute atomic E-state index is 12.4. The molecule has 0 spiro atoms. The third kappa shape index (κ3) is 4.45. The first-order valence-corrected chi connectivity index (χ1v) is 8.11. The SMILES string of the molecule is COc1cc(OC)cc(C(=O)Nc2nc(C(=O)NC(C)C)cs2)c1. The molecule has 0 fully saturated rings. The smallest absolute Gasteiger partial charge is 0.271 e. The van der Waals surface area contributed by atoms with Crippen LogP contribution in [0.3, 0.4) is 0 Å². The molecule has 0 unspecified atom stereocenters. The van der Waals surface area contributed by atoms with Gasteiger partial charge in [-0.1, -0.05) is 0 Å². The van der Waals surface area contributed by atoms with Gasteiger partial charge in [0.15, 0.2) is 5.13 Å². The summed E-state index contributed by atoms with van der Waals surface area (Å²) in [5.41, 5.74) is 0.641. The van der Waals surface area contributed by atoms with Crippen molar-refractivity contribution >= 4 is 28.3 Å². The van der Waals surface area contributed by atoms with Gasteiger partial charge in [-0.2, -0.15) is 0 Å². The van der Waals surface area contributed by atoms with Crippen molar-refractivity contribution in [2.24, 2.45) is 0 Å². The van der Waals surface area contributed by atoms with E-state index in [0.29, 0.717) is 22.2 Å². The molecule has 0 saturated carbocycles. The number of methoxy groups -OCH3 is 2. The molecule has 2 aromatic rings. The topological polar surface area (TPSA) is 89.6 Å². The van der Waals surface area contributed by atoms with Gasteiger partial charge in [-0.25, -0.2) is 4.98 Å². The minimum absolute atomic E-state index is 0.0153. The zero-order valence-electron chi connectivity index (χ0n) is 13.9. The van der Waals surface area contributed by atoms with Gasteiger partial charge in [0.1, 0.15) is 17.2 Å². The molecule has 1 heterocycles. The molecule has 0 atom stereocenters. The van der Waals surface area contributed by atoms with Crippen LogP contribution < -0.4 is 20.1 Å². The van der Waals surface area contributed by atoms with E-state index in [4.69, 9.17) is 9.47 Å². The van der Waals surface area contributed by atoms with Crippen molar-refractivity contribution in [2.75, 3.05) is 19.5 Å². The lowest BCUT2D eigenvalue weighted by Gasteiger charge is -2.08. The Balaban J connectivity index is 2.13. The van der Waals surface area contributed by atoms with Gasteiger partial charge in [0.05, 0.1) is 14.2 Å². The molecule has 1 aromatic heterocycles. The van der Waals surface area contributed by atoms with Gasteiger partial charge in [0, 0.05) is 23.1 Å². The van der Waals surface area contributed by atoms with Crippen LogP contribution >= 0.6 is 11.3 Å². The van der Waals surface area contributed by atoms with Crippen molar-refractivity contribution < 1.29 is 19.1 Å². The van der Waals surface area contributed by atoms with Crippen LogP contribution in [-0.2, 0) is 0 Å². The average Bonchev–Trinajstić information content (AvgIpc) is 3.02. The lowest BCUT2D eigenvalue weighted by Crippen LogP contribution is -2.30. The van der Waals surface area contributed by atoms with E-state index in [9.17, 15) is 9.59 Å². The van der Waals surface area contributed by atoms with E-state index in [0.717, 1.165) is 0 Å². The number of carbonyl (C=O) groups excluding carboxylic acids is 2. The summed E-state index contributed by atoms with van der Waals surface area (Å²) < 4.78 is 10.3. The fraction of sp³-hybridized carbons (Fsp3) is 0.312. The molecule has 0 radical (unpaired) electrons. The summed E-state index contributed by atoms with van der Waals surface area (Å²) in [6.07, 6.45) is 0. The molecule has 0 aliphatic heterocycles. The van der Waals surface area contributed by atoms with Gasteiger partial charge in [0.25, 0.3) is 11.8 Å². The van der Waals surface area contributed by atoms with Crippen LogP contribution in [0.4, 0.5) is 5.13 Å². The minimum atomic E-state index is -0.364. The van der Waals surface area contributed by atoms with Gasteiger partial charge in [-0.05, 0) is 26.0 Å². The predicted octanol–water partition coefficient (Wildman–Crippen LogP) is 2.55. The third-order valence-electron chi connectivity index (χ3n) is 2.99. The summed E-state index contributed by atoms with van der Waals surface area (Å²) in [6, 6.07) is 4.88. The number of rotatable bonds is 6. The Kier molecular flexibility index (Phi) is 5.75. The van der Waals surface area contributed by atoms with Crippen LogP contribution in [0.5, 0.6) is 11.5 Å². The number of nitrogens with one attached hydrogen (secondary N) is 2. The second-order valence-corrected chi connectivity index (χ2v) is 6.08. The molecule has 8 heteroatoms. The molecule has 0 bridgehead atoms. The van der Waals surface area contributed by atoms with E-state index in [-0.39, 0.29) is 23.6 Å². The number of benzene rings is 1. The Morgan fingerprint density at radius 3 is 2.25 bits per heavy atom. The largest absolute Gasteiger partial charge is 0.497 e. The number of hydrogen-bond acceptors (Lipinski definition) is 6.